The number of benzene rings is 2. The van der Waals surface area contributed by atoms with Crippen molar-refractivity contribution < 1.29 is 19.6 Å². The third kappa shape index (κ3) is 3.83. The lowest BCUT2D eigenvalue weighted by molar-refractivity contribution is 0.332. The fraction of sp³-hybridized carbons (Fsp3) is 0.143. The summed E-state index contributed by atoms with van der Waals surface area (Å²) in [6, 6.07) is 18.4. The van der Waals surface area contributed by atoms with Crippen LogP contribution in [0.25, 0.3) is 0 Å². The summed E-state index contributed by atoms with van der Waals surface area (Å²) in [5, 5.41) is 1.53. The van der Waals surface area contributed by atoms with Crippen LogP contribution in [0.1, 0.15) is 0 Å². The molecule has 0 spiro atoms. The maximum Gasteiger partial charge on any atom is 0.407 e. The average Bonchev–Trinajstić information content (AvgIpc) is 2.46. The van der Waals surface area contributed by atoms with Crippen LogP contribution in [-0.4, -0.2) is 31.9 Å². The molecule has 20 heavy (non-hydrogen) atoms. The average molecular weight is 312 g/mol. The monoisotopic (exact) mass is 312 g/mol. The maximum absolute atomic E-state index is 11.1. The second-order valence-corrected chi connectivity index (χ2v) is 9.43. The molecule has 4 N–H and O–H groups in total. The lowest BCUT2D eigenvalue weighted by Gasteiger charge is -2.19. The third-order valence-electron chi connectivity index (χ3n) is 3.09. The molecule has 0 aliphatic heterocycles. The molecule has 2 aromatic rings. The molecular weight excluding hydrogens is 294 g/mol. The Morgan fingerprint density at radius 2 is 1.00 bits per heavy atom. The summed E-state index contributed by atoms with van der Waals surface area (Å²) in [4.78, 5) is 38.7. The highest BCUT2D eigenvalue weighted by Crippen LogP contribution is 2.56. The van der Waals surface area contributed by atoms with E-state index >= 15 is 0 Å². The van der Waals surface area contributed by atoms with Crippen molar-refractivity contribution in [2.75, 3.05) is 12.3 Å². The first-order valence-electron chi connectivity index (χ1n) is 6.20. The number of hydrogen-bond acceptors (Lipinski definition) is 4. The van der Waals surface area contributed by atoms with Crippen molar-refractivity contribution >= 4 is 26.0 Å². The Labute approximate surface area is 119 Å². The third-order valence-corrected chi connectivity index (χ3v) is 7.44. The Hall–Kier alpha value is -0.860. The van der Waals surface area contributed by atoms with Gasteiger partial charge in [-0.15, -0.1) is 0 Å². The molecule has 0 bridgehead atoms. The fourth-order valence-electron chi connectivity index (χ4n) is 2.04. The standard InChI is InChI=1S/C14H18O4P2/c15-19(11-12-20(16,17)18,13-7-3-1-4-8-13)14-9-5-2-6-10-14/h1-10,15-18H,11-12H2/q+2. The van der Waals surface area contributed by atoms with Crippen molar-refractivity contribution in [1.29, 1.82) is 0 Å². The molecule has 0 aliphatic rings. The summed E-state index contributed by atoms with van der Waals surface area (Å²) in [6.45, 7) is 0. The van der Waals surface area contributed by atoms with E-state index in [4.69, 9.17) is 0 Å². The van der Waals surface area contributed by atoms with E-state index in [-0.39, 0.29) is 12.3 Å². The van der Waals surface area contributed by atoms with Crippen molar-refractivity contribution in [3.63, 3.8) is 0 Å². The van der Waals surface area contributed by atoms with Crippen LogP contribution in [0.15, 0.2) is 60.7 Å². The van der Waals surface area contributed by atoms with E-state index in [1.54, 1.807) is 0 Å². The van der Waals surface area contributed by atoms with Crippen LogP contribution in [0.5, 0.6) is 0 Å². The highest BCUT2D eigenvalue weighted by atomic mass is 31.2. The van der Waals surface area contributed by atoms with Gasteiger partial charge < -0.3 is 0 Å². The van der Waals surface area contributed by atoms with Crippen LogP contribution >= 0.6 is 15.4 Å². The van der Waals surface area contributed by atoms with Gasteiger partial charge in [-0.2, -0.15) is 14.7 Å². The first-order valence-corrected chi connectivity index (χ1v) is 9.96. The molecule has 2 rings (SSSR count). The minimum Gasteiger partial charge on any atom is -0.241 e. The number of rotatable bonds is 5. The molecule has 0 amide bonds. The largest absolute Gasteiger partial charge is 0.407 e. The number of hydrogen-bond donors (Lipinski definition) is 4. The Morgan fingerprint density at radius 1 is 0.600 bits per heavy atom. The van der Waals surface area contributed by atoms with Gasteiger partial charge in [0.25, 0.3) is 0 Å². The van der Waals surface area contributed by atoms with Crippen LogP contribution in [0.4, 0.5) is 0 Å². The quantitative estimate of drug-likeness (QED) is 0.628. The van der Waals surface area contributed by atoms with Crippen LogP contribution < -0.4 is 10.6 Å². The fourth-order valence-corrected chi connectivity index (χ4v) is 6.41. The van der Waals surface area contributed by atoms with Crippen molar-refractivity contribution in [3.05, 3.63) is 60.7 Å². The zero-order chi connectivity index (χ0) is 14.6. The molecule has 0 unspecified atom stereocenters. The molecule has 0 saturated carbocycles. The van der Waals surface area contributed by atoms with Gasteiger partial charge in [0.1, 0.15) is 16.8 Å². The van der Waals surface area contributed by atoms with Gasteiger partial charge in [0.05, 0.1) is 0 Å². The van der Waals surface area contributed by atoms with E-state index < -0.39 is 15.4 Å². The van der Waals surface area contributed by atoms with Gasteiger partial charge in [0.15, 0.2) is 6.16 Å². The summed E-state index contributed by atoms with van der Waals surface area (Å²) in [6.07, 6.45) is -0.0701. The Balaban J connectivity index is 2.39. The molecule has 0 fully saturated rings. The van der Waals surface area contributed by atoms with Gasteiger partial charge in [-0.3, -0.25) is 0 Å². The van der Waals surface area contributed by atoms with Crippen LogP contribution in [0.2, 0.25) is 0 Å². The Kier molecular flexibility index (Phi) is 4.87. The molecule has 0 aromatic heterocycles. The zero-order valence-corrected chi connectivity index (χ0v) is 12.7. The molecule has 0 radical (unpaired) electrons. The topological polar surface area (TPSA) is 80.9 Å². The summed E-state index contributed by atoms with van der Waals surface area (Å²) < 4.78 is 0. The van der Waals surface area contributed by atoms with Gasteiger partial charge in [-0.1, -0.05) is 36.4 Å². The minimum atomic E-state index is -3.89. The van der Waals surface area contributed by atoms with E-state index in [9.17, 15) is 19.6 Å². The zero-order valence-electron chi connectivity index (χ0n) is 10.9. The summed E-state index contributed by atoms with van der Waals surface area (Å²) >= 11 is 0. The predicted molar refractivity (Wildman–Crippen MR) is 84.6 cm³/mol. The molecular formula is C14H18O4P2+2. The Morgan fingerprint density at radius 3 is 1.35 bits per heavy atom. The van der Waals surface area contributed by atoms with Gasteiger partial charge in [-0.25, -0.2) is 4.89 Å². The first kappa shape index (κ1) is 15.5. The van der Waals surface area contributed by atoms with Gasteiger partial charge >= 0.3 is 7.94 Å². The summed E-state index contributed by atoms with van der Waals surface area (Å²) in [5.41, 5.74) is 0. The summed E-state index contributed by atoms with van der Waals surface area (Å²) in [5.74, 6) is 0. The normalized spacial score (nSPS) is 12.4. The van der Waals surface area contributed by atoms with E-state index in [2.05, 4.69) is 0 Å². The van der Waals surface area contributed by atoms with E-state index in [1.165, 1.54) is 0 Å². The van der Waals surface area contributed by atoms with Crippen molar-refractivity contribution in [1.82, 2.24) is 0 Å². The first-order chi connectivity index (χ1) is 9.42. The SMILES string of the molecule is O[P+](O)(O)CC[P+](O)(c1ccccc1)c1ccccc1. The van der Waals surface area contributed by atoms with Crippen molar-refractivity contribution in [3.8, 4) is 0 Å². The molecule has 0 saturated heterocycles. The maximum atomic E-state index is 11.1. The molecule has 6 heteroatoms. The Bertz CT molecular complexity index is 501. The van der Waals surface area contributed by atoms with Crippen LogP contribution in [0.3, 0.4) is 0 Å². The summed E-state index contributed by atoms with van der Waals surface area (Å²) in [7, 11) is -6.61. The van der Waals surface area contributed by atoms with Crippen LogP contribution in [0, 0.1) is 0 Å². The molecule has 106 valence electrons. The lowest BCUT2D eigenvalue weighted by atomic mass is 10.4. The van der Waals surface area contributed by atoms with E-state index in [0.29, 0.717) is 0 Å². The van der Waals surface area contributed by atoms with Gasteiger partial charge in [-0.05, 0) is 24.3 Å². The molecule has 0 aliphatic carbocycles. The second kappa shape index (κ2) is 6.28. The molecule has 4 nitrogen and oxygen atoms in total. The molecule has 2 aromatic carbocycles. The molecule has 0 atom stereocenters. The van der Waals surface area contributed by atoms with Crippen LogP contribution in [-0.2, 0) is 0 Å². The van der Waals surface area contributed by atoms with Gasteiger partial charge in [0, 0.05) is 0 Å². The van der Waals surface area contributed by atoms with E-state index in [0.717, 1.165) is 10.6 Å². The van der Waals surface area contributed by atoms with Crippen molar-refractivity contribution in [2.24, 2.45) is 0 Å². The predicted octanol–water partition coefficient (Wildman–Crippen LogP) is 1.30. The lowest BCUT2D eigenvalue weighted by Crippen LogP contribution is -2.26. The minimum absolute atomic E-state index is 0.137. The highest BCUT2D eigenvalue weighted by molar-refractivity contribution is 7.85. The highest BCUT2D eigenvalue weighted by Gasteiger charge is 2.46. The van der Waals surface area contributed by atoms with E-state index in [1.807, 2.05) is 60.7 Å². The molecule has 0 heterocycles. The smallest absolute Gasteiger partial charge is 0.241 e. The second-order valence-electron chi connectivity index (χ2n) is 4.58. The van der Waals surface area contributed by atoms with Gasteiger partial charge in [0.2, 0.25) is 7.49 Å². The van der Waals surface area contributed by atoms with Crippen molar-refractivity contribution in [2.45, 2.75) is 0 Å².